The van der Waals surface area contributed by atoms with E-state index in [1.165, 1.54) is 12.5 Å². The SMILES string of the molecule is O=C(Oc1ncnc2[nH]ncc12)N(c1ccc(Cl)cc1)C1CCNCC1. The summed E-state index contributed by atoms with van der Waals surface area (Å²) in [6.07, 6.45) is 4.06. The van der Waals surface area contributed by atoms with Gasteiger partial charge in [-0.15, -0.1) is 0 Å². The molecule has 134 valence electrons. The lowest BCUT2D eigenvalue weighted by atomic mass is 10.0. The van der Waals surface area contributed by atoms with Gasteiger partial charge in [-0.05, 0) is 50.2 Å². The van der Waals surface area contributed by atoms with E-state index in [4.69, 9.17) is 16.3 Å². The van der Waals surface area contributed by atoms with Crippen LogP contribution in [0.1, 0.15) is 12.8 Å². The van der Waals surface area contributed by atoms with Gasteiger partial charge >= 0.3 is 6.09 Å². The summed E-state index contributed by atoms with van der Waals surface area (Å²) >= 11 is 5.99. The van der Waals surface area contributed by atoms with E-state index in [0.717, 1.165) is 31.6 Å². The highest BCUT2D eigenvalue weighted by Gasteiger charge is 2.29. The van der Waals surface area contributed by atoms with Gasteiger partial charge in [-0.25, -0.2) is 14.8 Å². The average molecular weight is 373 g/mol. The Bertz CT molecular complexity index is 907. The maximum atomic E-state index is 13.0. The number of aromatic nitrogens is 4. The summed E-state index contributed by atoms with van der Waals surface area (Å²) < 4.78 is 5.61. The predicted octanol–water partition coefficient (Wildman–Crippen LogP) is 2.76. The van der Waals surface area contributed by atoms with Crippen LogP contribution in [0.2, 0.25) is 5.02 Å². The minimum Gasteiger partial charge on any atom is -0.390 e. The zero-order valence-electron chi connectivity index (χ0n) is 13.9. The monoisotopic (exact) mass is 372 g/mol. The number of benzene rings is 1. The first kappa shape index (κ1) is 16.7. The number of amides is 1. The van der Waals surface area contributed by atoms with Crippen molar-refractivity contribution in [1.29, 1.82) is 0 Å². The molecule has 2 aromatic heterocycles. The molecule has 26 heavy (non-hydrogen) atoms. The van der Waals surface area contributed by atoms with E-state index in [1.54, 1.807) is 17.0 Å². The van der Waals surface area contributed by atoms with Crippen molar-refractivity contribution in [1.82, 2.24) is 25.5 Å². The molecular formula is C17H17ClN6O2. The van der Waals surface area contributed by atoms with Crippen molar-refractivity contribution in [3.8, 4) is 5.88 Å². The summed E-state index contributed by atoms with van der Waals surface area (Å²) in [5.74, 6) is 0.182. The van der Waals surface area contributed by atoms with E-state index in [-0.39, 0.29) is 11.9 Å². The first-order chi connectivity index (χ1) is 12.7. The highest BCUT2D eigenvalue weighted by Crippen LogP contribution is 2.26. The number of anilines is 1. The molecule has 0 unspecified atom stereocenters. The predicted molar refractivity (Wildman–Crippen MR) is 97.5 cm³/mol. The Morgan fingerprint density at radius 1 is 1.19 bits per heavy atom. The van der Waals surface area contributed by atoms with E-state index in [2.05, 4.69) is 25.5 Å². The summed E-state index contributed by atoms with van der Waals surface area (Å²) in [5, 5.41) is 11.1. The maximum Gasteiger partial charge on any atom is 0.421 e. The molecule has 8 nitrogen and oxygen atoms in total. The lowest BCUT2D eigenvalue weighted by Crippen LogP contribution is -2.47. The lowest BCUT2D eigenvalue weighted by Gasteiger charge is -2.33. The van der Waals surface area contributed by atoms with Gasteiger partial charge in [0, 0.05) is 16.8 Å². The summed E-state index contributed by atoms with van der Waals surface area (Å²) in [4.78, 5) is 22.8. The van der Waals surface area contributed by atoms with Gasteiger partial charge in [0.1, 0.15) is 11.7 Å². The van der Waals surface area contributed by atoms with Crippen LogP contribution in [0.25, 0.3) is 11.0 Å². The van der Waals surface area contributed by atoms with Crippen molar-refractivity contribution in [3.05, 3.63) is 41.8 Å². The highest BCUT2D eigenvalue weighted by molar-refractivity contribution is 6.30. The molecule has 4 rings (SSSR count). The van der Waals surface area contributed by atoms with E-state index in [0.29, 0.717) is 16.1 Å². The lowest BCUT2D eigenvalue weighted by molar-refractivity contribution is 0.201. The maximum absolute atomic E-state index is 13.0. The van der Waals surface area contributed by atoms with Crippen molar-refractivity contribution in [2.75, 3.05) is 18.0 Å². The molecule has 2 N–H and O–H groups in total. The Hall–Kier alpha value is -2.71. The van der Waals surface area contributed by atoms with Crippen LogP contribution in [0.15, 0.2) is 36.8 Å². The van der Waals surface area contributed by atoms with Gasteiger partial charge in [0.15, 0.2) is 5.65 Å². The molecule has 0 bridgehead atoms. The van der Waals surface area contributed by atoms with Crippen molar-refractivity contribution < 1.29 is 9.53 Å². The molecule has 1 aromatic carbocycles. The third-order valence-corrected chi connectivity index (χ3v) is 4.62. The number of hydrogen-bond acceptors (Lipinski definition) is 6. The fraction of sp³-hybridized carbons (Fsp3) is 0.294. The van der Waals surface area contributed by atoms with Crippen molar-refractivity contribution in [3.63, 3.8) is 0 Å². The quantitative estimate of drug-likeness (QED) is 0.733. The summed E-state index contributed by atoms with van der Waals surface area (Å²) in [6.45, 7) is 1.70. The van der Waals surface area contributed by atoms with Gasteiger partial charge in [-0.1, -0.05) is 11.6 Å². The van der Waals surface area contributed by atoms with E-state index in [9.17, 15) is 4.79 Å². The summed E-state index contributed by atoms with van der Waals surface area (Å²) in [6, 6.07) is 7.19. The second kappa shape index (κ2) is 7.27. The molecule has 0 aliphatic carbocycles. The van der Waals surface area contributed by atoms with E-state index >= 15 is 0 Å². The number of carbonyl (C=O) groups excluding carboxylic acids is 1. The van der Waals surface area contributed by atoms with E-state index in [1.807, 2.05) is 12.1 Å². The first-order valence-electron chi connectivity index (χ1n) is 8.34. The molecular weight excluding hydrogens is 356 g/mol. The Morgan fingerprint density at radius 2 is 1.96 bits per heavy atom. The van der Waals surface area contributed by atoms with E-state index < -0.39 is 6.09 Å². The first-order valence-corrected chi connectivity index (χ1v) is 8.71. The van der Waals surface area contributed by atoms with Gasteiger partial charge in [0.25, 0.3) is 0 Å². The molecule has 0 atom stereocenters. The smallest absolute Gasteiger partial charge is 0.390 e. The molecule has 0 saturated carbocycles. The van der Waals surface area contributed by atoms with Gasteiger partial charge in [0.2, 0.25) is 5.88 Å². The van der Waals surface area contributed by atoms with Crippen LogP contribution < -0.4 is 15.0 Å². The minimum atomic E-state index is -0.486. The number of nitrogens with one attached hydrogen (secondary N) is 2. The molecule has 0 radical (unpaired) electrons. The number of halogens is 1. The normalized spacial score (nSPS) is 15.1. The number of aromatic amines is 1. The van der Waals surface area contributed by atoms with Crippen molar-refractivity contribution in [2.24, 2.45) is 0 Å². The van der Waals surface area contributed by atoms with Crippen LogP contribution >= 0.6 is 11.6 Å². The van der Waals surface area contributed by atoms with Crippen LogP contribution in [0.3, 0.4) is 0 Å². The van der Waals surface area contributed by atoms with Crippen LogP contribution in [0.5, 0.6) is 5.88 Å². The van der Waals surface area contributed by atoms with Crippen molar-refractivity contribution >= 4 is 34.4 Å². The zero-order chi connectivity index (χ0) is 17.9. The Morgan fingerprint density at radius 3 is 2.73 bits per heavy atom. The molecule has 1 amide bonds. The molecule has 1 aliphatic rings. The Labute approximate surface area is 154 Å². The molecule has 3 heterocycles. The minimum absolute atomic E-state index is 0.0339. The van der Waals surface area contributed by atoms with Crippen molar-refractivity contribution in [2.45, 2.75) is 18.9 Å². The number of hydrogen-bond donors (Lipinski definition) is 2. The molecule has 3 aromatic rings. The molecule has 9 heteroatoms. The van der Waals surface area contributed by atoms with Crippen LogP contribution in [-0.2, 0) is 0 Å². The number of fused-ring (bicyclic) bond motifs is 1. The fourth-order valence-electron chi connectivity index (χ4n) is 3.09. The Balaban J connectivity index is 1.65. The molecule has 1 saturated heterocycles. The van der Waals surface area contributed by atoms with Gasteiger partial charge in [-0.2, -0.15) is 5.10 Å². The molecule has 0 spiro atoms. The largest absolute Gasteiger partial charge is 0.421 e. The standard InChI is InChI=1S/C17H17ClN6O2/c18-11-1-3-12(4-2-11)24(13-5-7-19-8-6-13)17(25)26-16-14-9-22-23-15(14)20-10-21-16/h1-4,9-10,13,19H,5-8H2,(H,20,21,22,23). The number of nitrogens with zero attached hydrogens (tertiary/aromatic N) is 4. The molecule has 1 fully saturated rings. The summed E-state index contributed by atoms with van der Waals surface area (Å²) in [5.41, 5.74) is 1.26. The third kappa shape index (κ3) is 3.33. The topological polar surface area (TPSA) is 96.0 Å². The van der Waals surface area contributed by atoms with Gasteiger partial charge in [0.05, 0.1) is 6.20 Å². The second-order valence-corrected chi connectivity index (χ2v) is 6.44. The Kier molecular flexibility index (Phi) is 4.68. The average Bonchev–Trinajstić information content (AvgIpc) is 3.14. The summed E-state index contributed by atoms with van der Waals surface area (Å²) in [7, 11) is 0. The van der Waals surface area contributed by atoms with Gasteiger partial charge in [-0.3, -0.25) is 10.00 Å². The van der Waals surface area contributed by atoms with Crippen LogP contribution in [-0.4, -0.2) is 45.4 Å². The molecule has 1 aliphatic heterocycles. The number of H-pyrrole nitrogens is 1. The van der Waals surface area contributed by atoms with Crippen LogP contribution in [0.4, 0.5) is 10.5 Å². The number of rotatable bonds is 3. The number of ether oxygens (including phenoxy) is 1. The number of piperidine rings is 1. The fourth-order valence-corrected chi connectivity index (χ4v) is 3.21. The van der Waals surface area contributed by atoms with Crippen LogP contribution in [0, 0.1) is 0 Å². The third-order valence-electron chi connectivity index (χ3n) is 4.37. The highest BCUT2D eigenvalue weighted by atomic mass is 35.5. The van der Waals surface area contributed by atoms with Gasteiger partial charge < -0.3 is 10.1 Å². The zero-order valence-corrected chi connectivity index (χ0v) is 14.6. The number of carbonyl (C=O) groups is 1. The second-order valence-electron chi connectivity index (χ2n) is 6.01.